The van der Waals surface area contributed by atoms with Gasteiger partial charge < -0.3 is 5.11 Å². The van der Waals surface area contributed by atoms with Crippen LogP contribution in [0.5, 0.6) is 0 Å². The van der Waals surface area contributed by atoms with E-state index in [1.807, 2.05) is 0 Å². The molecule has 1 aromatic heterocycles. The SMILES string of the molecule is CC(C(=O)O)c1cnn(-c2ccccc2F)c1. The van der Waals surface area contributed by atoms with Crippen molar-refractivity contribution in [2.24, 2.45) is 0 Å². The Labute approximate surface area is 97.3 Å². The van der Waals surface area contributed by atoms with Gasteiger partial charge in [0.15, 0.2) is 0 Å². The number of halogens is 1. The number of para-hydroxylation sites is 1. The van der Waals surface area contributed by atoms with Crippen molar-refractivity contribution in [2.75, 3.05) is 0 Å². The average Bonchev–Trinajstić information content (AvgIpc) is 2.77. The predicted molar refractivity (Wildman–Crippen MR) is 59.6 cm³/mol. The summed E-state index contributed by atoms with van der Waals surface area (Å²) < 4.78 is 14.8. The number of nitrogens with zero attached hydrogens (tertiary/aromatic N) is 2. The summed E-state index contributed by atoms with van der Waals surface area (Å²) in [5, 5.41) is 12.8. The molecule has 2 aromatic rings. The highest BCUT2D eigenvalue weighted by Crippen LogP contribution is 2.18. The lowest BCUT2D eigenvalue weighted by molar-refractivity contribution is -0.138. The van der Waals surface area contributed by atoms with Crippen molar-refractivity contribution in [2.45, 2.75) is 12.8 Å². The number of carboxylic acids is 1. The summed E-state index contributed by atoms with van der Waals surface area (Å²) >= 11 is 0. The fourth-order valence-corrected chi connectivity index (χ4v) is 1.47. The quantitative estimate of drug-likeness (QED) is 0.885. The van der Waals surface area contributed by atoms with E-state index < -0.39 is 17.7 Å². The normalized spacial score (nSPS) is 12.4. The third kappa shape index (κ3) is 2.18. The topological polar surface area (TPSA) is 55.1 Å². The minimum atomic E-state index is -0.932. The molecule has 4 nitrogen and oxygen atoms in total. The number of aromatic nitrogens is 2. The third-order valence-electron chi connectivity index (χ3n) is 2.57. The Balaban J connectivity index is 2.37. The summed E-state index contributed by atoms with van der Waals surface area (Å²) in [4.78, 5) is 10.8. The first-order valence-electron chi connectivity index (χ1n) is 5.12. The number of benzene rings is 1. The molecule has 17 heavy (non-hydrogen) atoms. The molecule has 1 aromatic carbocycles. The van der Waals surface area contributed by atoms with Crippen molar-refractivity contribution in [1.82, 2.24) is 9.78 Å². The number of hydrogen-bond donors (Lipinski definition) is 1. The maximum atomic E-state index is 13.5. The molecule has 0 saturated carbocycles. The van der Waals surface area contributed by atoms with E-state index >= 15 is 0 Å². The van der Waals surface area contributed by atoms with Crippen LogP contribution < -0.4 is 0 Å². The summed E-state index contributed by atoms with van der Waals surface area (Å²) in [6.07, 6.45) is 2.96. The van der Waals surface area contributed by atoms with E-state index in [2.05, 4.69) is 5.10 Å². The Bertz CT molecular complexity index is 551. The van der Waals surface area contributed by atoms with Gasteiger partial charge >= 0.3 is 5.97 Å². The number of rotatable bonds is 3. The molecule has 0 saturated heterocycles. The van der Waals surface area contributed by atoms with Gasteiger partial charge in [0.25, 0.3) is 0 Å². The summed E-state index contributed by atoms with van der Waals surface area (Å²) in [7, 11) is 0. The van der Waals surface area contributed by atoms with Crippen molar-refractivity contribution >= 4 is 5.97 Å². The van der Waals surface area contributed by atoms with Gasteiger partial charge in [0.2, 0.25) is 0 Å². The van der Waals surface area contributed by atoms with E-state index in [-0.39, 0.29) is 0 Å². The molecule has 0 aliphatic heterocycles. The number of aliphatic carboxylic acids is 1. The zero-order valence-corrected chi connectivity index (χ0v) is 9.17. The summed E-state index contributed by atoms with van der Waals surface area (Å²) in [5.74, 6) is -1.99. The first kappa shape index (κ1) is 11.3. The van der Waals surface area contributed by atoms with Crippen molar-refractivity contribution in [3.8, 4) is 5.69 Å². The monoisotopic (exact) mass is 234 g/mol. The molecule has 0 fully saturated rings. The molecule has 0 bridgehead atoms. The second kappa shape index (κ2) is 4.37. The Morgan fingerprint density at radius 1 is 1.47 bits per heavy atom. The molecular formula is C12H11FN2O2. The van der Waals surface area contributed by atoms with Crippen molar-refractivity contribution < 1.29 is 14.3 Å². The average molecular weight is 234 g/mol. The molecule has 0 spiro atoms. The van der Waals surface area contributed by atoms with Crippen LogP contribution in [0.1, 0.15) is 18.4 Å². The minimum Gasteiger partial charge on any atom is -0.481 e. The van der Waals surface area contributed by atoms with Gasteiger partial charge in [0.05, 0.1) is 12.1 Å². The first-order valence-corrected chi connectivity index (χ1v) is 5.12. The summed E-state index contributed by atoms with van der Waals surface area (Å²) in [6, 6.07) is 6.19. The molecule has 1 N–H and O–H groups in total. The van der Waals surface area contributed by atoms with E-state index in [4.69, 9.17) is 5.11 Å². The van der Waals surface area contributed by atoms with Crippen molar-refractivity contribution in [3.05, 3.63) is 48.0 Å². The van der Waals surface area contributed by atoms with Crippen LogP contribution in [-0.2, 0) is 4.79 Å². The molecule has 0 aliphatic rings. The fourth-order valence-electron chi connectivity index (χ4n) is 1.47. The van der Waals surface area contributed by atoms with Gasteiger partial charge in [-0.3, -0.25) is 4.79 Å². The van der Waals surface area contributed by atoms with E-state index in [0.29, 0.717) is 11.3 Å². The Hall–Kier alpha value is -2.17. The van der Waals surface area contributed by atoms with E-state index in [1.54, 1.807) is 25.1 Å². The van der Waals surface area contributed by atoms with Crippen LogP contribution in [0, 0.1) is 5.82 Å². The molecule has 1 atom stereocenters. The van der Waals surface area contributed by atoms with Gasteiger partial charge in [0.1, 0.15) is 11.5 Å². The smallest absolute Gasteiger partial charge is 0.310 e. The third-order valence-corrected chi connectivity index (χ3v) is 2.57. The van der Waals surface area contributed by atoms with Crippen molar-refractivity contribution in [1.29, 1.82) is 0 Å². The van der Waals surface area contributed by atoms with Gasteiger partial charge in [-0.25, -0.2) is 9.07 Å². The van der Waals surface area contributed by atoms with Crippen LogP contribution in [0.25, 0.3) is 5.69 Å². The molecule has 88 valence electrons. The lowest BCUT2D eigenvalue weighted by Crippen LogP contribution is -2.06. The van der Waals surface area contributed by atoms with Gasteiger partial charge in [-0.05, 0) is 19.1 Å². The molecular weight excluding hydrogens is 223 g/mol. The van der Waals surface area contributed by atoms with Crippen LogP contribution in [0.2, 0.25) is 0 Å². The van der Waals surface area contributed by atoms with Crippen LogP contribution in [0.3, 0.4) is 0 Å². The molecule has 1 unspecified atom stereocenters. The maximum Gasteiger partial charge on any atom is 0.310 e. The van der Waals surface area contributed by atoms with Gasteiger partial charge in [-0.15, -0.1) is 0 Å². The largest absolute Gasteiger partial charge is 0.481 e. The molecule has 1 heterocycles. The van der Waals surface area contributed by atoms with E-state index in [0.717, 1.165) is 0 Å². The van der Waals surface area contributed by atoms with Crippen LogP contribution in [0.4, 0.5) is 4.39 Å². The molecule has 0 radical (unpaired) electrons. The Morgan fingerprint density at radius 3 is 2.82 bits per heavy atom. The second-order valence-corrected chi connectivity index (χ2v) is 3.73. The first-order chi connectivity index (χ1) is 8.09. The van der Waals surface area contributed by atoms with E-state index in [1.165, 1.54) is 23.1 Å². The van der Waals surface area contributed by atoms with Crippen LogP contribution in [-0.4, -0.2) is 20.9 Å². The molecule has 2 rings (SSSR count). The Kier molecular flexibility index (Phi) is 2.91. The summed E-state index contributed by atoms with van der Waals surface area (Å²) in [5.41, 5.74) is 0.845. The molecule has 0 aliphatic carbocycles. The second-order valence-electron chi connectivity index (χ2n) is 3.73. The molecule has 0 amide bonds. The number of hydrogen-bond acceptors (Lipinski definition) is 2. The van der Waals surface area contributed by atoms with Gasteiger partial charge in [-0.2, -0.15) is 5.10 Å². The van der Waals surface area contributed by atoms with Crippen LogP contribution >= 0.6 is 0 Å². The number of carbonyl (C=O) groups is 1. The highest BCUT2D eigenvalue weighted by Gasteiger charge is 2.16. The molecule has 5 heteroatoms. The fraction of sp³-hybridized carbons (Fsp3) is 0.167. The zero-order chi connectivity index (χ0) is 12.4. The summed E-state index contributed by atoms with van der Waals surface area (Å²) in [6.45, 7) is 1.56. The highest BCUT2D eigenvalue weighted by atomic mass is 19.1. The van der Waals surface area contributed by atoms with Gasteiger partial charge in [-0.1, -0.05) is 12.1 Å². The maximum absolute atomic E-state index is 13.5. The zero-order valence-electron chi connectivity index (χ0n) is 9.17. The standard InChI is InChI=1S/C12H11FN2O2/c1-8(12(16)17)9-6-14-15(7-9)11-5-3-2-4-10(11)13/h2-8H,1H3,(H,16,17). The lowest BCUT2D eigenvalue weighted by Gasteiger charge is -2.03. The predicted octanol–water partition coefficient (Wildman–Crippen LogP) is 2.20. The highest BCUT2D eigenvalue weighted by molar-refractivity contribution is 5.75. The minimum absolute atomic E-state index is 0.302. The number of carboxylic acid groups (broad SMARTS) is 1. The van der Waals surface area contributed by atoms with Crippen LogP contribution in [0.15, 0.2) is 36.7 Å². The van der Waals surface area contributed by atoms with E-state index in [9.17, 15) is 9.18 Å². The van der Waals surface area contributed by atoms with Gasteiger partial charge in [0, 0.05) is 11.8 Å². The Morgan fingerprint density at radius 2 is 2.18 bits per heavy atom. The lowest BCUT2D eigenvalue weighted by atomic mass is 10.1. The van der Waals surface area contributed by atoms with Crippen molar-refractivity contribution in [3.63, 3.8) is 0 Å².